The topological polar surface area (TPSA) is 126 Å². The number of nitrogens with zero attached hydrogens (tertiary/aromatic N) is 3. The van der Waals surface area contributed by atoms with Crippen molar-refractivity contribution in [1.82, 2.24) is 15.4 Å². The van der Waals surface area contributed by atoms with Crippen molar-refractivity contribution < 1.29 is 18.0 Å². The van der Waals surface area contributed by atoms with E-state index in [1.54, 1.807) is 49.5 Å². The summed E-state index contributed by atoms with van der Waals surface area (Å²) in [6.07, 6.45) is 9.59. The monoisotopic (exact) mass is 480 g/mol. The Balaban J connectivity index is 2.07. The van der Waals surface area contributed by atoms with Crippen molar-refractivity contribution in [3.63, 3.8) is 0 Å². The zero-order valence-electron chi connectivity index (χ0n) is 18.9. The highest BCUT2D eigenvalue weighted by Crippen LogP contribution is 2.33. The van der Waals surface area contributed by atoms with Gasteiger partial charge in [-0.1, -0.05) is 12.0 Å². The van der Waals surface area contributed by atoms with Crippen molar-refractivity contribution in [2.75, 3.05) is 34.8 Å². The summed E-state index contributed by atoms with van der Waals surface area (Å²) in [7, 11) is -2.17. The third kappa shape index (κ3) is 6.00. The molecule has 3 rings (SSSR count). The first kappa shape index (κ1) is 24.5. The third-order valence-corrected chi connectivity index (χ3v) is 5.84. The van der Waals surface area contributed by atoms with Gasteiger partial charge in [0.05, 0.1) is 35.5 Å². The second-order valence-electron chi connectivity index (χ2n) is 7.05. The van der Waals surface area contributed by atoms with Crippen LogP contribution in [0.4, 0.5) is 28.7 Å². The first-order valence-corrected chi connectivity index (χ1v) is 12.0. The summed E-state index contributed by atoms with van der Waals surface area (Å²) in [6.45, 7) is 2.01. The maximum absolute atomic E-state index is 12.7. The number of rotatable bonds is 9. The summed E-state index contributed by atoms with van der Waals surface area (Å²) in [4.78, 5) is 26.2. The van der Waals surface area contributed by atoms with Crippen LogP contribution >= 0.6 is 0 Å². The number of carbonyl (C=O) groups excluding carboxylic acids is 1. The van der Waals surface area contributed by atoms with Gasteiger partial charge in [-0.2, -0.15) is 0 Å². The van der Waals surface area contributed by atoms with Gasteiger partial charge >= 0.3 is 0 Å². The molecule has 0 saturated heterocycles. The quantitative estimate of drug-likeness (QED) is 0.315. The van der Waals surface area contributed by atoms with E-state index in [2.05, 4.69) is 32.0 Å². The fraction of sp³-hybridized carbons (Fsp3) is 0.174. The van der Waals surface area contributed by atoms with Crippen LogP contribution in [-0.4, -0.2) is 44.2 Å². The number of carbonyl (C=O) groups is 1. The lowest BCUT2D eigenvalue weighted by Gasteiger charge is -2.22. The number of hydrogen-bond donors (Lipinski definition) is 3. The van der Waals surface area contributed by atoms with Crippen LogP contribution < -0.4 is 20.4 Å². The molecule has 1 amide bonds. The minimum atomic E-state index is -3.59. The lowest BCUT2D eigenvalue weighted by molar-refractivity contribution is 0.0365. The van der Waals surface area contributed by atoms with Crippen molar-refractivity contribution in [3.8, 4) is 12.3 Å². The van der Waals surface area contributed by atoms with Gasteiger partial charge in [-0.15, -0.1) is 6.42 Å². The molecule has 0 atom stereocenters. The van der Waals surface area contributed by atoms with Crippen molar-refractivity contribution in [2.24, 2.45) is 0 Å². The van der Waals surface area contributed by atoms with Crippen LogP contribution in [0.15, 0.2) is 54.9 Å². The van der Waals surface area contributed by atoms with Crippen LogP contribution in [-0.2, 0) is 14.9 Å². The van der Waals surface area contributed by atoms with Gasteiger partial charge in [0.25, 0.3) is 5.91 Å². The first-order chi connectivity index (χ1) is 16.2. The Morgan fingerprint density at radius 2 is 1.91 bits per heavy atom. The summed E-state index contributed by atoms with van der Waals surface area (Å²) in [5, 5.41) is 6.20. The zero-order valence-corrected chi connectivity index (χ0v) is 19.7. The molecule has 0 radical (unpaired) electrons. The number of aromatic nitrogens is 2. The molecule has 3 N–H and O–H groups in total. The number of hydroxylamine groups is 1. The van der Waals surface area contributed by atoms with E-state index in [1.165, 1.54) is 13.2 Å². The highest BCUT2D eigenvalue weighted by atomic mass is 32.2. The lowest BCUT2D eigenvalue weighted by atomic mass is 10.1. The molecule has 0 aliphatic heterocycles. The second kappa shape index (κ2) is 10.7. The summed E-state index contributed by atoms with van der Waals surface area (Å²) in [5.74, 6) is 2.94. The molecule has 10 nitrogen and oxygen atoms in total. The predicted octanol–water partition coefficient (Wildman–Crippen LogP) is 3.02. The molecule has 0 fully saturated rings. The molecule has 3 aromatic rings. The van der Waals surface area contributed by atoms with E-state index < -0.39 is 15.9 Å². The smallest absolute Gasteiger partial charge is 0.278 e. The van der Waals surface area contributed by atoms with Crippen molar-refractivity contribution >= 4 is 44.6 Å². The van der Waals surface area contributed by atoms with Crippen molar-refractivity contribution in [2.45, 2.75) is 6.92 Å². The van der Waals surface area contributed by atoms with Crippen molar-refractivity contribution in [3.05, 3.63) is 66.0 Å². The molecule has 2 heterocycles. The van der Waals surface area contributed by atoms with E-state index in [0.717, 1.165) is 10.6 Å². The Bertz CT molecular complexity index is 1320. The normalized spacial score (nSPS) is 10.8. The van der Waals surface area contributed by atoms with Gasteiger partial charge in [0.1, 0.15) is 11.6 Å². The van der Waals surface area contributed by atoms with Gasteiger partial charge in [0, 0.05) is 31.1 Å². The van der Waals surface area contributed by atoms with Crippen LogP contribution in [0.1, 0.15) is 22.8 Å². The molecule has 2 aromatic heterocycles. The largest absolute Gasteiger partial charge is 0.353 e. The van der Waals surface area contributed by atoms with Gasteiger partial charge < -0.3 is 10.6 Å². The standard InChI is InChI=1S/C23H24N6O4S/c1-5-16-10-11-18(20(13-16)29(3)34(4,31)32)26-19-14-22(27-21-9-7-8-12-24-21)25-15-17(19)23(30)28-33-6-2/h1,7-15H,6H2,2-4H3,(H,28,30)(H2,24,25,26,27). The van der Waals surface area contributed by atoms with Gasteiger partial charge in [-0.25, -0.2) is 23.9 Å². The molecule has 0 spiro atoms. The molecule has 34 heavy (non-hydrogen) atoms. The number of hydrogen-bond acceptors (Lipinski definition) is 8. The number of nitrogens with one attached hydrogen (secondary N) is 3. The minimum absolute atomic E-state index is 0.175. The molecular weight excluding hydrogens is 456 g/mol. The fourth-order valence-electron chi connectivity index (χ4n) is 2.88. The Morgan fingerprint density at radius 1 is 1.12 bits per heavy atom. The number of benzene rings is 1. The predicted molar refractivity (Wildman–Crippen MR) is 132 cm³/mol. The molecule has 0 saturated carbocycles. The van der Waals surface area contributed by atoms with Crippen LogP contribution in [0.3, 0.4) is 0 Å². The van der Waals surface area contributed by atoms with E-state index in [1.807, 2.05) is 6.07 Å². The Morgan fingerprint density at radius 3 is 2.56 bits per heavy atom. The van der Waals surface area contributed by atoms with E-state index >= 15 is 0 Å². The summed E-state index contributed by atoms with van der Waals surface area (Å²) >= 11 is 0. The summed E-state index contributed by atoms with van der Waals surface area (Å²) in [5.41, 5.74) is 4.08. The molecule has 176 valence electrons. The average Bonchev–Trinajstić information content (AvgIpc) is 2.82. The van der Waals surface area contributed by atoms with Gasteiger partial charge in [0.2, 0.25) is 10.0 Å². The maximum atomic E-state index is 12.7. The van der Waals surface area contributed by atoms with Crippen molar-refractivity contribution in [1.29, 1.82) is 0 Å². The van der Waals surface area contributed by atoms with Gasteiger partial charge in [-0.05, 0) is 37.3 Å². The number of anilines is 5. The van der Waals surface area contributed by atoms with Gasteiger partial charge in [0.15, 0.2) is 0 Å². The molecule has 0 bridgehead atoms. The first-order valence-electron chi connectivity index (χ1n) is 10.1. The number of amides is 1. The number of pyridine rings is 2. The Labute approximate surface area is 198 Å². The molecule has 0 aliphatic rings. The fourth-order valence-corrected chi connectivity index (χ4v) is 3.39. The third-order valence-electron chi connectivity index (χ3n) is 4.65. The Hall–Kier alpha value is -4.14. The highest BCUT2D eigenvalue weighted by Gasteiger charge is 2.19. The SMILES string of the molecule is C#Cc1ccc(Nc2cc(Nc3ccccn3)ncc2C(=O)NOCC)c(N(C)S(C)(=O)=O)c1. The van der Waals surface area contributed by atoms with Crippen LogP contribution in [0.25, 0.3) is 0 Å². The molecule has 0 unspecified atom stereocenters. The van der Waals surface area contributed by atoms with E-state index in [-0.39, 0.29) is 12.2 Å². The molecule has 0 aliphatic carbocycles. The number of sulfonamides is 1. The Kier molecular flexibility index (Phi) is 7.68. The minimum Gasteiger partial charge on any atom is -0.353 e. The maximum Gasteiger partial charge on any atom is 0.278 e. The highest BCUT2D eigenvalue weighted by molar-refractivity contribution is 7.92. The zero-order chi connectivity index (χ0) is 24.7. The summed E-state index contributed by atoms with van der Waals surface area (Å²) in [6, 6.07) is 11.8. The van der Waals surface area contributed by atoms with Crippen LogP contribution in [0.5, 0.6) is 0 Å². The molecular formula is C23H24N6O4S. The molecule has 11 heteroatoms. The number of terminal acetylenes is 1. The van der Waals surface area contributed by atoms with Gasteiger partial charge in [-0.3, -0.25) is 13.9 Å². The van der Waals surface area contributed by atoms with Crippen LogP contribution in [0.2, 0.25) is 0 Å². The summed E-state index contributed by atoms with van der Waals surface area (Å²) < 4.78 is 25.6. The van der Waals surface area contributed by atoms with E-state index in [9.17, 15) is 13.2 Å². The lowest BCUT2D eigenvalue weighted by Crippen LogP contribution is -2.26. The van der Waals surface area contributed by atoms with E-state index in [4.69, 9.17) is 11.3 Å². The second-order valence-corrected chi connectivity index (χ2v) is 9.06. The average molecular weight is 481 g/mol. The van der Waals surface area contributed by atoms with E-state index in [0.29, 0.717) is 34.3 Å². The molecule has 1 aromatic carbocycles. The van der Waals surface area contributed by atoms with Crippen LogP contribution in [0, 0.1) is 12.3 Å².